The summed E-state index contributed by atoms with van der Waals surface area (Å²) in [5, 5.41) is 29.1. The molecule has 39 heavy (non-hydrogen) atoms. The van der Waals surface area contributed by atoms with Gasteiger partial charge in [0.2, 0.25) is 0 Å². The summed E-state index contributed by atoms with van der Waals surface area (Å²) in [7, 11) is 0. The number of hydrogen-bond donors (Lipinski definition) is 2. The first kappa shape index (κ1) is 30.6. The number of ether oxygens (including phenoxy) is 2. The fourth-order valence-electron chi connectivity index (χ4n) is 4.23. The van der Waals surface area contributed by atoms with E-state index >= 15 is 0 Å². The second-order valence-electron chi connectivity index (χ2n) is 10.1. The molecule has 0 unspecified atom stereocenters. The third kappa shape index (κ3) is 9.31. The molecule has 2 heterocycles. The Bertz CT molecular complexity index is 1040. The Hall–Kier alpha value is -2.99. The molecule has 3 atom stereocenters. The van der Waals surface area contributed by atoms with Crippen molar-refractivity contribution < 1.29 is 33.7 Å². The van der Waals surface area contributed by atoms with Gasteiger partial charge in [0, 0.05) is 39.4 Å². The van der Waals surface area contributed by atoms with E-state index in [1.807, 2.05) is 13.8 Å². The van der Waals surface area contributed by atoms with Gasteiger partial charge in [0.15, 0.2) is 0 Å². The van der Waals surface area contributed by atoms with Gasteiger partial charge in [-0.3, -0.25) is 9.59 Å². The zero-order valence-electron chi connectivity index (χ0n) is 22.6. The molecule has 1 aliphatic rings. The molecule has 1 aromatic carbocycles. The molecule has 2 amide bonds. The van der Waals surface area contributed by atoms with Gasteiger partial charge in [-0.05, 0) is 43.4 Å². The maximum absolute atomic E-state index is 14.6. The predicted octanol–water partition coefficient (Wildman–Crippen LogP) is 2.16. The molecule has 10 nitrogen and oxygen atoms in total. The molecule has 2 N–H and O–H groups in total. The van der Waals surface area contributed by atoms with Crippen LogP contribution in [0.2, 0.25) is 0 Å². The number of rotatable bonds is 6. The van der Waals surface area contributed by atoms with E-state index in [0.29, 0.717) is 50.5 Å². The quantitative estimate of drug-likeness (QED) is 0.565. The van der Waals surface area contributed by atoms with Crippen LogP contribution >= 0.6 is 0 Å². The summed E-state index contributed by atoms with van der Waals surface area (Å²) < 4.78 is 26.2. The fraction of sp³-hybridized carbons (Fsp3) is 0.571. The molecule has 3 rings (SSSR count). The molecular formula is C28H39FN4O6. The van der Waals surface area contributed by atoms with Gasteiger partial charge in [-0.15, -0.1) is 0 Å². The van der Waals surface area contributed by atoms with E-state index in [0.717, 1.165) is 0 Å². The molecule has 0 spiro atoms. The topological polar surface area (TPSA) is 125 Å². The average molecular weight is 547 g/mol. The zero-order valence-corrected chi connectivity index (χ0v) is 22.6. The summed E-state index contributed by atoms with van der Waals surface area (Å²) in [6, 6.07) is 7.23. The van der Waals surface area contributed by atoms with Crippen LogP contribution < -0.4 is 0 Å². The molecule has 0 saturated carbocycles. The van der Waals surface area contributed by atoms with Crippen molar-refractivity contribution in [2.45, 2.75) is 51.4 Å². The van der Waals surface area contributed by atoms with E-state index < -0.39 is 30.0 Å². The first-order valence-electron chi connectivity index (χ1n) is 13.4. The van der Waals surface area contributed by atoms with Crippen LogP contribution in [0.3, 0.4) is 0 Å². The van der Waals surface area contributed by atoms with Crippen LogP contribution in [0.25, 0.3) is 0 Å². The summed E-state index contributed by atoms with van der Waals surface area (Å²) in [5.74, 6) is -1.21. The predicted molar refractivity (Wildman–Crippen MR) is 142 cm³/mol. The highest BCUT2D eigenvalue weighted by Gasteiger charge is 2.32. The largest absolute Gasteiger partial charge is 0.388 e. The van der Waals surface area contributed by atoms with Crippen LogP contribution in [0.15, 0.2) is 42.7 Å². The number of aliphatic hydroxyl groups excluding tert-OH is 2. The highest BCUT2D eigenvalue weighted by atomic mass is 19.1. The molecule has 11 heteroatoms. The van der Waals surface area contributed by atoms with Crippen molar-refractivity contribution in [2.75, 3.05) is 46.0 Å². The minimum atomic E-state index is -1.35. The second-order valence-corrected chi connectivity index (χ2v) is 10.1. The van der Waals surface area contributed by atoms with E-state index in [2.05, 4.69) is 10.2 Å². The summed E-state index contributed by atoms with van der Waals surface area (Å²) in [5.41, 5.74) is 0.233. The van der Waals surface area contributed by atoms with Gasteiger partial charge in [0.25, 0.3) is 11.8 Å². The van der Waals surface area contributed by atoms with E-state index in [1.165, 1.54) is 35.5 Å². The number of amides is 2. The van der Waals surface area contributed by atoms with Crippen molar-refractivity contribution in [3.8, 4) is 0 Å². The molecule has 0 bridgehead atoms. The highest BCUT2D eigenvalue weighted by molar-refractivity contribution is 5.95. The number of carbonyl (C=O) groups is 2. The number of benzene rings is 1. The molecule has 214 valence electrons. The molecular weight excluding hydrogens is 507 g/mol. The number of aliphatic hydroxyl groups is 2. The second kappa shape index (κ2) is 15.6. The van der Waals surface area contributed by atoms with Crippen LogP contribution in [-0.2, 0) is 9.47 Å². The summed E-state index contributed by atoms with van der Waals surface area (Å²) in [6.45, 7) is 5.09. The SMILES string of the molecule is CC(C)CCO[C@@H]1CN(C(=O)c2ccccc2F)CCN(C(=O)c2ccnnc2)CCCCOC[C@@H](O)[C@H]1O. The van der Waals surface area contributed by atoms with E-state index in [9.17, 15) is 24.2 Å². The minimum Gasteiger partial charge on any atom is -0.388 e. The maximum atomic E-state index is 14.6. The smallest absolute Gasteiger partial charge is 0.256 e. The van der Waals surface area contributed by atoms with Crippen LogP contribution in [0, 0.1) is 11.7 Å². The molecule has 1 saturated heterocycles. The Kier molecular flexibility index (Phi) is 12.2. The van der Waals surface area contributed by atoms with Crippen LogP contribution in [-0.4, -0.2) is 106 Å². The van der Waals surface area contributed by atoms with Gasteiger partial charge in [0.1, 0.15) is 24.1 Å². The Morgan fingerprint density at radius 2 is 1.85 bits per heavy atom. The lowest BCUT2D eigenvalue weighted by atomic mass is 10.1. The van der Waals surface area contributed by atoms with Gasteiger partial charge in [-0.25, -0.2) is 4.39 Å². The highest BCUT2D eigenvalue weighted by Crippen LogP contribution is 2.16. The molecule has 1 aliphatic heterocycles. The van der Waals surface area contributed by atoms with Crippen molar-refractivity contribution in [2.24, 2.45) is 5.92 Å². The van der Waals surface area contributed by atoms with E-state index in [1.54, 1.807) is 17.0 Å². The monoisotopic (exact) mass is 546 g/mol. The van der Waals surface area contributed by atoms with Crippen molar-refractivity contribution in [1.82, 2.24) is 20.0 Å². The Balaban J connectivity index is 1.90. The number of hydrogen-bond acceptors (Lipinski definition) is 8. The Morgan fingerprint density at radius 1 is 1.08 bits per heavy atom. The van der Waals surface area contributed by atoms with E-state index in [-0.39, 0.29) is 37.7 Å². The van der Waals surface area contributed by atoms with Gasteiger partial charge in [-0.1, -0.05) is 26.0 Å². The van der Waals surface area contributed by atoms with E-state index in [4.69, 9.17) is 9.47 Å². The van der Waals surface area contributed by atoms with Crippen molar-refractivity contribution in [3.63, 3.8) is 0 Å². The Labute approximate surface area is 228 Å². The zero-order chi connectivity index (χ0) is 28.2. The van der Waals surface area contributed by atoms with Crippen LogP contribution in [0.1, 0.15) is 53.8 Å². The first-order chi connectivity index (χ1) is 18.8. The van der Waals surface area contributed by atoms with Gasteiger partial charge < -0.3 is 29.5 Å². The fourth-order valence-corrected chi connectivity index (χ4v) is 4.23. The summed E-state index contributed by atoms with van der Waals surface area (Å²) in [6.07, 6.45) is 1.21. The number of halogens is 1. The lowest BCUT2D eigenvalue weighted by molar-refractivity contribution is -0.116. The summed E-state index contributed by atoms with van der Waals surface area (Å²) in [4.78, 5) is 29.8. The van der Waals surface area contributed by atoms with Gasteiger partial charge >= 0.3 is 0 Å². The first-order valence-corrected chi connectivity index (χ1v) is 13.4. The van der Waals surface area contributed by atoms with Crippen molar-refractivity contribution in [3.05, 3.63) is 59.7 Å². The number of nitrogens with zero attached hydrogens (tertiary/aromatic N) is 4. The average Bonchev–Trinajstić information content (AvgIpc) is 2.93. The molecule has 0 radical (unpaired) electrons. The van der Waals surface area contributed by atoms with Crippen LogP contribution in [0.5, 0.6) is 0 Å². The van der Waals surface area contributed by atoms with Crippen LogP contribution in [0.4, 0.5) is 4.39 Å². The lowest BCUT2D eigenvalue weighted by Crippen LogP contribution is -2.51. The minimum absolute atomic E-state index is 0.0563. The van der Waals surface area contributed by atoms with Crippen molar-refractivity contribution >= 4 is 11.8 Å². The van der Waals surface area contributed by atoms with Crippen molar-refractivity contribution in [1.29, 1.82) is 0 Å². The molecule has 1 fully saturated rings. The molecule has 0 aliphatic carbocycles. The number of carbonyl (C=O) groups excluding carboxylic acids is 2. The molecule has 1 aromatic heterocycles. The number of aromatic nitrogens is 2. The molecule has 2 aromatic rings. The van der Waals surface area contributed by atoms with Gasteiger partial charge in [-0.2, -0.15) is 10.2 Å². The lowest BCUT2D eigenvalue weighted by Gasteiger charge is -2.34. The third-order valence-electron chi connectivity index (χ3n) is 6.61. The van der Waals surface area contributed by atoms with Gasteiger partial charge in [0.05, 0.1) is 30.1 Å². The standard InChI is InChI=1S/C28H39FN4O6/c1-20(2)10-16-39-25-18-33(28(37)22-7-3-4-8-23(22)29)14-13-32(27(36)21-9-11-30-31-17-21)12-5-6-15-38-19-24(34)26(25)35/h3-4,7-9,11,17,20,24-26,34-35H,5-6,10,12-16,18-19H2,1-2H3/t24-,25-,26-/m1/s1. The summed E-state index contributed by atoms with van der Waals surface area (Å²) >= 11 is 0. The Morgan fingerprint density at radius 3 is 2.56 bits per heavy atom. The normalized spacial score (nSPS) is 21.9. The maximum Gasteiger partial charge on any atom is 0.256 e. The third-order valence-corrected chi connectivity index (χ3v) is 6.61.